The van der Waals surface area contributed by atoms with Crippen LogP contribution in [0.1, 0.15) is 47.0 Å². The number of rotatable bonds is 2. The fourth-order valence-electron chi connectivity index (χ4n) is 2.63. The summed E-state index contributed by atoms with van der Waals surface area (Å²) in [5.74, 6) is -0.311. The van der Waals surface area contributed by atoms with Gasteiger partial charge in [0.15, 0.2) is 5.11 Å². The number of piperidine rings is 1. The van der Waals surface area contributed by atoms with Crippen LogP contribution in [-0.2, 0) is 4.74 Å². The average Bonchev–Trinajstić information content (AvgIpc) is 2.73. The van der Waals surface area contributed by atoms with Crippen LogP contribution in [0.25, 0.3) is 0 Å². The topological polar surface area (TPSA) is 41.6 Å². The number of thiocarbonyl (C=S) groups is 1. The first-order valence-corrected chi connectivity index (χ1v) is 8.44. The highest BCUT2D eigenvalue weighted by Crippen LogP contribution is 2.33. The summed E-state index contributed by atoms with van der Waals surface area (Å²) in [6, 6.07) is 0.447. The highest BCUT2D eigenvalue weighted by Gasteiger charge is 2.24. The second-order valence-corrected chi connectivity index (χ2v) is 7.06. The van der Waals surface area contributed by atoms with Crippen LogP contribution in [0.2, 0.25) is 0 Å². The molecule has 6 heteroatoms. The maximum atomic E-state index is 12.0. The van der Waals surface area contributed by atoms with Crippen molar-refractivity contribution in [2.75, 3.05) is 19.0 Å². The van der Waals surface area contributed by atoms with Gasteiger partial charge in [0.1, 0.15) is 5.00 Å². The van der Waals surface area contributed by atoms with E-state index in [1.54, 1.807) is 11.3 Å². The van der Waals surface area contributed by atoms with Crippen molar-refractivity contribution in [3.05, 3.63) is 16.0 Å². The molecule has 1 atom stereocenters. The molecular weight excluding hydrogens is 304 g/mol. The Kier molecular flexibility index (Phi) is 5.22. The Balaban J connectivity index is 2.21. The molecule has 1 fully saturated rings. The van der Waals surface area contributed by atoms with Gasteiger partial charge in [0.2, 0.25) is 0 Å². The Labute approximate surface area is 135 Å². The van der Waals surface area contributed by atoms with Crippen LogP contribution in [-0.4, -0.2) is 35.7 Å². The van der Waals surface area contributed by atoms with Gasteiger partial charge in [-0.2, -0.15) is 0 Å². The van der Waals surface area contributed by atoms with Gasteiger partial charge in [0, 0.05) is 17.5 Å². The number of anilines is 1. The molecule has 0 spiro atoms. The molecule has 0 saturated carbocycles. The van der Waals surface area contributed by atoms with Gasteiger partial charge in [-0.05, 0) is 57.8 Å². The fraction of sp³-hybridized carbons (Fsp3) is 0.600. The number of carbonyl (C=O) groups excluding carboxylic acids is 1. The summed E-state index contributed by atoms with van der Waals surface area (Å²) in [6.45, 7) is 7.11. The number of aryl methyl sites for hydroxylation is 1. The molecule has 0 bridgehead atoms. The summed E-state index contributed by atoms with van der Waals surface area (Å²) in [5.41, 5.74) is 1.57. The normalized spacial score (nSPS) is 18.5. The number of esters is 1. The van der Waals surface area contributed by atoms with Crippen LogP contribution < -0.4 is 5.32 Å². The maximum absolute atomic E-state index is 12.0. The second kappa shape index (κ2) is 6.75. The lowest BCUT2D eigenvalue weighted by molar-refractivity contribution is 0.0601. The van der Waals surface area contributed by atoms with Crippen molar-refractivity contribution in [1.82, 2.24) is 4.90 Å². The van der Waals surface area contributed by atoms with Gasteiger partial charge in [-0.25, -0.2) is 4.79 Å². The van der Waals surface area contributed by atoms with Crippen LogP contribution in [0.5, 0.6) is 0 Å². The minimum atomic E-state index is -0.311. The van der Waals surface area contributed by atoms with Gasteiger partial charge >= 0.3 is 5.97 Å². The van der Waals surface area contributed by atoms with Crippen molar-refractivity contribution in [1.29, 1.82) is 0 Å². The Morgan fingerprint density at radius 3 is 2.76 bits per heavy atom. The largest absolute Gasteiger partial charge is 0.465 e. The zero-order chi connectivity index (χ0) is 15.6. The molecule has 1 aliphatic rings. The van der Waals surface area contributed by atoms with Crippen LogP contribution in [0, 0.1) is 13.8 Å². The van der Waals surface area contributed by atoms with E-state index in [1.165, 1.54) is 20.0 Å². The van der Waals surface area contributed by atoms with E-state index in [0.29, 0.717) is 16.7 Å². The van der Waals surface area contributed by atoms with Gasteiger partial charge < -0.3 is 15.0 Å². The molecule has 0 aliphatic carbocycles. The summed E-state index contributed by atoms with van der Waals surface area (Å²) < 4.78 is 4.89. The molecule has 1 saturated heterocycles. The monoisotopic (exact) mass is 326 g/mol. The predicted molar refractivity (Wildman–Crippen MR) is 91.4 cm³/mol. The summed E-state index contributed by atoms with van der Waals surface area (Å²) >= 11 is 7.09. The number of methoxy groups -OCH3 is 1. The van der Waals surface area contributed by atoms with E-state index in [4.69, 9.17) is 17.0 Å². The van der Waals surface area contributed by atoms with Gasteiger partial charge in [0.25, 0.3) is 0 Å². The quantitative estimate of drug-likeness (QED) is 0.662. The molecule has 0 aromatic carbocycles. The third-order valence-corrected chi connectivity index (χ3v) is 5.52. The number of thiophene rings is 1. The van der Waals surface area contributed by atoms with E-state index in [0.717, 1.165) is 28.4 Å². The van der Waals surface area contributed by atoms with Crippen molar-refractivity contribution >= 4 is 39.6 Å². The lowest BCUT2D eigenvalue weighted by Gasteiger charge is -2.35. The van der Waals surface area contributed by atoms with Crippen molar-refractivity contribution in [2.24, 2.45) is 0 Å². The molecule has 1 N–H and O–H groups in total. The van der Waals surface area contributed by atoms with Gasteiger partial charge in [-0.3, -0.25) is 0 Å². The first kappa shape index (κ1) is 16.2. The predicted octanol–water partition coefficient (Wildman–Crippen LogP) is 3.72. The van der Waals surface area contributed by atoms with Crippen molar-refractivity contribution in [2.45, 2.75) is 46.1 Å². The number of ether oxygens (including phenoxy) is 1. The fourth-order valence-corrected chi connectivity index (χ4v) is 4.12. The zero-order valence-corrected chi connectivity index (χ0v) is 14.6. The second-order valence-electron chi connectivity index (χ2n) is 5.45. The van der Waals surface area contributed by atoms with E-state index >= 15 is 0 Å². The molecule has 4 nitrogen and oxygen atoms in total. The molecule has 1 aromatic heterocycles. The van der Waals surface area contributed by atoms with E-state index < -0.39 is 0 Å². The highest BCUT2D eigenvalue weighted by atomic mass is 32.1. The van der Waals surface area contributed by atoms with E-state index in [-0.39, 0.29) is 5.97 Å². The lowest BCUT2D eigenvalue weighted by Crippen LogP contribution is -2.44. The lowest BCUT2D eigenvalue weighted by atomic mass is 10.0. The molecule has 21 heavy (non-hydrogen) atoms. The molecule has 2 heterocycles. The van der Waals surface area contributed by atoms with Crippen LogP contribution >= 0.6 is 23.6 Å². The zero-order valence-electron chi connectivity index (χ0n) is 13.0. The minimum Gasteiger partial charge on any atom is -0.465 e. The molecule has 0 amide bonds. The minimum absolute atomic E-state index is 0.311. The van der Waals surface area contributed by atoms with Crippen LogP contribution in [0.4, 0.5) is 5.00 Å². The molecular formula is C15H22N2O2S2. The summed E-state index contributed by atoms with van der Waals surface area (Å²) in [7, 11) is 1.41. The Hall–Kier alpha value is -1.14. The standard InChI is InChI=1S/C15H22N2O2S2/c1-9-7-5-6-8-17(9)15(20)16-13-12(14(18)19-4)10(2)11(3)21-13/h9H,5-8H2,1-4H3,(H,16,20)/t9-/m0/s1. The van der Waals surface area contributed by atoms with Gasteiger partial charge in [-0.15, -0.1) is 11.3 Å². The summed E-state index contributed by atoms with van der Waals surface area (Å²) in [6.07, 6.45) is 3.58. The van der Waals surface area contributed by atoms with Crippen molar-refractivity contribution in [3.8, 4) is 0 Å². The Morgan fingerprint density at radius 2 is 2.14 bits per heavy atom. The molecule has 116 valence electrons. The highest BCUT2D eigenvalue weighted by molar-refractivity contribution is 7.80. The van der Waals surface area contributed by atoms with E-state index in [2.05, 4.69) is 17.1 Å². The Bertz CT molecular complexity index is 554. The van der Waals surface area contributed by atoms with Crippen LogP contribution in [0.15, 0.2) is 0 Å². The number of nitrogens with zero attached hydrogens (tertiary/aromatic N) is 1. The maximum Gasteiger partial charge on any atom is 0.341 e. The number of hydrogen-bond acceptors (Lipinski definition) is 4. The molecule has 0 unspecified atom stereocenters. The summed E-state index contributed by atoms with van der Waals surface area (Å²) in [4.78, 5) is 15.3. The first-order valence-electron chi connectivity index (χ1n) is 7.21. The van der Waals surface area contributed by atoms with E-state index in [1.807, 2.05) is 13.8 Å². The van der Waals surface area contributed by atoms with Crippen molar-refractivity contribution in [3.63, 3.8) is 0 Å². The molecule has 1 aliphatic heterocycles. The number of carbonyl (C=O) groups is 1. The number of hydrogen-bond donors (Lipinski definition) is 1. The third-order valence-electron chi connectivity index (χ3n) is 4.06. The van der Waals surface area contributed by atoms with Crippen LogP contribution in [0.3, 0.4) is 0 Å². The Morgan fingerprint density at radius 1 is 1.43 bits per heavy atom. The SMILES string of the molecule is COC(=O)c1c(NC(=S)N2CCCC[C@@H]2C)sc(C)c1C. The first-order chi connectivity index (χ1) is 9.95. The molecule has 0 radical (unpaired) electrons. The average molecular weight is 326 g/mol. The third kappa shape index (κ3) is 3.37. The van der Waals surface area contributed by atoms with Gasteiger partial charge in [0.05, 0.1) is 12.7 Å². The molecule has 1 aromatic rings. The smallest absolute Gasteiger partial charge is 0.341 e. The molecule has 2 rings (SSSR count). The van der Waals surface area contributed by atoms with Gasteiger partial charge in [-0.1, -0.05) is 0 Å². The number of nitrogens with one attached hydrogen (secondary N) is 1. The van der Waals surface area contributed by atoms with E-state index in [9.17, 15) is 4.79 Å². The van der Waals surface area contributed by atoms with Crippen molar-refractivity contribution < 1.29 is 9.53 Å². The summed E-state index contributed by atoms with van der Waals surface area (Å²) in [5, 5.41) is 4.76. The number of likely N-dealkylation sites (tertiary alicyclic amines) is 1.